The van der Waals surface area contributed by atoms with E-state index in [0.717, 1.165) is 0 Å². The molecule has 1 heterocycles. The zero-order valence-electron chi connectivity index (χ0n) is 17.6. The van der Waals surface area contributed by atoms with Crippen LogP contribution in [0.2, 0.25) is 0 Å². The number of rotatable bonds is 8. The SMILES string of the molecule is CCC(=O)OC(C)OC(=O)[C@H]1CCC[C@H]1C(=O)N[C@@H](C)C(=O)N1CCC[C@H]1C(=O)O. The predicted molar refractivity (Wildman–Crippen MR) is 103 cm³/mol. The highest BCUT2D eigenvalue weighted by atomic mass is 16.7. The number of carboxylic acid groups (broad SMARTS) is 1. The van der Waals surface area contributed by atoms with Gasteiger partial charge >= 0.3 is 17.9 Å². The molecular weight excluding hydrogens is 396 g/mol. The van der Waals surface area contributed by atoms with Crippen molar-refractivity contribution in [3.05, 3.63) is 0 Å². The number of nitrogens with one attached hydrogen (secondary N) is 1. The normalized spacial score (nSPS) is 25.3. The summed E-state index contributed by atoms with van der Waals surface area (Å²) in [6.45, 7) is 4.90. The molecule has 0 bridgehead atoms. The summed E-state index contributed by atoms with van der Waals surface area (Å²) in [6.07, 6.45) is 1.67. The number of carbonyl (C=O) groups excluding carboxylic acids is 4. The van der Waals surface area contributed by atoms with E-state index in [-0.39, 0.29) is 6.42 Å². The summed E-state index contributed by atoms with van der Waals surface area (Å²) in [4.78, 5) is 61.7. The van der Waals surface area contributed by atoms with Gasteiger partial charge in [-0.1, -0.05) is 13.3 Å². The number of aliphatic carboxylic acids is 1. The van der Waals surface area contributed by atoms with Gasteiger partial charge in [-0.2, -0.15) is 0 Å². The van der Waals surface area contributed by atoms with Gasteiger partial charge in [0, 0.05) is 19.9 Å². The molecule has 2 amide bonds. The number of nitrogens with zero attached hydrogens (tertiary/aromatic N) is 1. The second kappa shape index (κ2) is 10.4. The average Bonchev–Trinajstić information content (AvgIpc) is 3.36. The van der Waals surface area contributed by atoms with Gasteiger partial charge in [0.2, 0.25) is 18.1 Å². The van der Waals surface area contributed by atoms with Gasteiger partial charge in [0.15, 0.2) is 0 Å². The van der Waals surface area contributed by atoms with E-state index >= 15 is 0 Å². The van der Waals surface area contributed by atoms with E-state index in [4.69, 9.17) is 9.47 Å². The average molecular weight is 426 g/mol. The third kappa shape index (κ3) is 5.70. The fourth-order valence-corrected chi connectivity index (χ4v) is 4.02. The minimum absolute atomic E-state index is 0.155. The van der Waals surface area contributed by atoms with Crippen molar-refractivity contribution in [2.75, 3.05) is 6.54 Å². The second-order valence-corrected chi connectivity index (χ2v) is 7.75. The van der Waals surface area contributed by atoms with Gasteiger partial charge in [0.1, 0.15) is 12.1 Å². The smallest absolute Gasteiger partial charge is 0.326 e. The number of esters is 2. The molecule has 1 saturated carbocycles. The van der Waals surface area contributed by atoms with Crippen LogP contribution in [0.3, 0.4) is 0 Å². The van der Waals surface area contributed by atoms with Crippen molar-refractivity contribution < 1.29 is 38.6 Å². The summed E-state index contributed by atoms with van der Waals surface area (Å²) in [6, 6.07) is -1.78. The van der Waals surface area contributed by atoms with Crippen molar-refractivity contribution in [3.8, 4) is 0 Å². The summed E-state index contributed by atoms with van der Waals surface area (Å²) < 4.78 is 10.1. The molecule has 2 fully saturated rings. The second-order valence-electron chi connectivity index (χ2n) is 7.75. The van der Waals surface area contributed by atoms with E-state index in [1.165, 1.54) is 18.7 Å². The van der Waals surface area contributed by atoms with Gasteiger partial charge in [0.05, 0.1) is 11.8 Å². The Morgan fingerprint density at radius 2 is 1.70 bits per heavy atom. The molecule has 2 aliphatic rings. The van der Waals surface area contributed by atoms with Crippen LogP contribution < -0.4 is 5.32 Å². The number of hydrogen-bond acceptors (Lipinski definition) is 7. The Morgan fingerprint density at radius 3 is 2.33 bits per heavy atom. The predicted octanol–water partition coefficient (Wildman–Crippen LogP) is 0.825. The summed E-state index contributed by atoms with van der Waals surface area (Å²) in [5, 5.41) is 11.9. The van der Waals surface area contributed by atoms with E-state index in [9.17, 15) is 29.1 Å². The van der Waals surface area contributed by atoms with Gasteiger partial charge < -0.3 is 24.8 Å². The Labute approximate surface area is 175 Å². The minimum atomic E-state index is -1.06. The highest BCUT2D eigenvalue weighted by Gasteiger charge is 2.41. The van der Waals surface area contributed by atoms with Crippen molar-refractivity contribution in [1.82, 2.24) is 10.2 Å². The van der Waals surface area contributed by atoms with E-state index in [1.807, 2.05) is 0 Å². The van der Waals surface area contributed by atoms with Crippen LogP contribution in [-0.2, 0) is 33.4 Å². The Balaban J connectivity index is 1.93. The molecule has 30 heavy (non-hydrogen) atoms. The molecule has 1 saturated heterocycles. The summed E-state index contributed by atoms with van der Waals surface area (Å²) in [5.74, 6) is -4.41. The first-order chi connectivity index (χ1) is 14.1. The maximum Gasteiger partial charge on any atom is 0.326 e. The lowest BCUT2D eigenvalue weighted by molar-refractivity contribution is -0.188. The number of amides is 2. The fourth-order valence-electron chi connectivity index (χ4n) is 4.02. The van der Waals surface area contributed by atoms with Crippen molar-refractivity contribution in [2.45, 2.75) is 77.7 Å². The molecule has 1 unspecified atom stereocenters. The molecule has 0 aromatic heterocycles. The van der Waals surface area contributed by atoms with Crippen LogP contribution in [0.5, 0.6) is 0 Å². The van der Waals surface area contributed by atoms with Crippen LogP contribution in [0.25, 0.3) is 0 Å². The van der Waals surface area contributed by atoms with Crippen LogP contribution in [0.15, 0.2) is 0 Å². The first kappa shape index (κ1) is 23.6. The maximum atomic E-state index is 12.7. The standard InChI is InChI=1S/C20H30N2O8/c1-4-16(23)29-12(3)30-20(28)14-8-5-7-13(14)17(24)21-11(2)18(25)22-10-6-9-15(22)19(26)27/h11-15H,4-10H2,1-3H3,(H,21,24)(H,26,27)/t11-,12?,13+,14-,15-/m0/s1. The van der Waals surface area contributed by atoms with Crippen molar-refractivity contribution in [3.63, 3.8) is 0 Å². The van der Waals surface area contributed by atoms with Crippen LogP contribution >= 0.6 is 0 Å². The molecule has 5 atom stereocenters. The zero-order valence-corrected chi connectivity index (χ0v) is 17.6. The molecule has 0 spiro atoms. The lowest BCUT2D eigenvalue weighted by atomic mass is 9.95. The maximum absolute atomic E-state index is 12.7. The molecule has 0 aromatic carbocycles. The quantitative estimate of drug-likeness (QED) is 0.430. The summed E-state index contributed by atoms with van der Waals surface area (Å²) >= 11 is 0. The van der Waals surface area contributed by atoms with E-state index < -0.39 is 59.9 Å². The number of ether oxygens (including phenoxy) is 2. The number of carboxylic acids is 1. The van der Waals surface area contributed by atoms with Crippen LogP contribution in [0.4, 0.5) is 0 Å². The first-order valence-corrected chi connectivity index (χ1v) is 10.4. The zero-order chi connectivity index (χ0) is 22.4. The Hall–Kier alpha value is -2.65. The Morgan fingerprint density at radius 1 is 1.03 bits per heavy atom. The molecule has 10 nitrogen and oxygen atoms in total. The van der Waals surface area contributed by atoms with Crippen LogP contribution in [0.1, 0.15) is 59.3 Å². The van der Waals surface area contributed by atoms with Crippen molar-refractivity contribution in [2.24, 2.45) is 11.8 Å². The highest BCUT2D eigenvalue weighted by Crippen LogP contribution is 2.33. The van der Waals surface area contributed by atoms with Gasteiger partial charge in [-0.15, -0.1) is 0 Å². The number of carbonyl (C=O) groups is 5. The van der Waals surface area contributed by atoms with Crippen LogP contribution in [-0.4, -0.2) is 64.6 Å². The number of hydrogen-bond donors (Lipinski definition) is 2. The summed E-state index contributed by atoms with van der Waals surface area (Å²) in [5.41, 5.74) is 0. The molecule has 0 radical (unpaired) electrons. The molecule has 0 aromatic rings. The molecule has 1 aliphatic carbocycles. The van der Waals surface area contributed by atoms with Crippen molar-refractivity contribution in [1.29, 1.82) is 0 Å². The van der Waals surface area contributed by atoms with Crippen LogP contribution in [0, 0.1) is 11.8 Å². The van der Waals surface area contributed by atoms with E-state index in [2.05, 4.69) is 5.32 Å². The molecule has 1 aliphatic heterocycles. The lowest BCUT2D eigenvalue weighted by Crippen LogP contribution is -2.51. The highest BCUT2D eigenvalue weighted by molar-refractivity contribution is 5.92. The topological polar surface area (TPSA) is 139 Å². The third-order valence-electron chi connectivity index (χ3n) is 5.57. The third-order valence-corrected chi connectivity index (χ3v) is 5.57. The molecule has 168 valence electrons. The first-order valence-electron chi connectivity index (χ1n) is 10.4. The van der Waals surface area contributed by atoms with Gasteiger partial charge in [-0.05, 0) is 32.6 Å². The fraction of sp³-hybridized carbons (Fsp3) is 0.750. The van der Waals surface area contributed by atoms with Gasteiger partial charge in [0.25, 0.3) is 0 Å². The Kier molecular flexibility index (Phi) is 8.19. The van der Waals surface area contributed by atoms with Gasteiger partial charge in [-0.3, -0.25) is 19.2 Å². The molecule has 2 rings (SSSR count). The van der Waals surface area contributed by atoms with E-state index in [1.54, 1.807) is 6.92 Å². The van der Waals surface area contributed by atoms with Crippen molar-refractivity contribution >= 4 is 29.7 Å². The summed E-state index contributed by atoms with van der Waals surface area (Å²) in [7, 11) is 0. The Bertz CT molecular complexity index is 694. The van der Waals surface area contributed by atoms with Gasteiger partial charge in [-0.25, -0.2) is 4.79 Å². The molecule has 10 heteroatoms. The minimum Gasteiger partial charge on any atom is -0.480 e. The molecule has 2 N–H and O–H groups in total. The molecular formula is C20H30N2O8. The largest absolute Gasteiger partial charge is 0.480 e. The lowest BCUT2D eigenvalue weighted by Gasteiger charge is -2.27. The monoisotopic (exact) mass is 426 g/mol. The number of likely N-dealkylation sites (tertiary alicyclic amines) is 1. The van der Waals surface area contributed by atoms with E-state index in [0.29, 0.717) is 38.6 Å².